The number of rotatable bonds is 7. The Balaban J connectivity index is 2.14. The summed E-state index contributed by atoms with van der Waals surface area (Å²) in [6, 6.07) is 12.2. The van der Waals surface area contributed by atoms with E-state index < -0.39 is 10.0 Å². The molecular weight excluding hydrogens is 384 g/mol. The number of hydrogen-bond acceptors (Lipinski definition) is 3. The molecule has 0 spiro atoms. The van der Waals surface area contributed by atoms with Crippen LogP contribution in [0.25, 0.3) is 0 Å². The van der Waals surface area contributed by atoms with Gasteiger partial charge in [-0.15, -0.1) is 0 Å². The number of likely N-dealkylation sites (N-methyl/N-ethyl adjacent to an activating group) is 1. The summed E-state index contributed by atoms with van der Waals surface area (Å²) in [7, 11) is -3.75. The Labute approximate surface area is 166 Å². The number of carbonyl (C=O) groups is 1. The number of amides is 1. The van der Waals surface area contributed by atoms with Gasteiger partial charge in [0.2, 0.25) is 15.9 Å². The van der Waals surface area contributed by atoms with Crippen molar-refractivity contribution in [1.29, 1.82) is 0 Å². The fourth-order valence-electron chi connectivity index (χ4n) is 2.77. The second-order valence-corrected chi connectivity index (χ2v) is 8.88. The molecule has 0 bridgehead atoms. The van der Waals surface area contributed by atoms with Crippen LogP contribution in [0.3, 0.4) is 0 Å². The van der Waals surface area contributed by atoms with Crippen molar-refractivity contribution in [3.8, 4) is 0 Å². The Morgan fingerprint density at radius 2 is 1.78 bits per heavy atom. The van der Waals surface area contributed by atoms with Crippen molar-refractivity contribution in [2.45, 2.75) is 38.6 Å². The molecule has 0 saturated heterocycles. The smallest absolute Gasteiger partial charge is 0.243 e. The highest BCUT2D eigenvalue weighted by atomic mass is 35.5. The minimum absolute atomic E-state index is 0.207. The first kappa shape index (κ1) is 21.4. The first-order valence-electron chi connectivity index (χ1n) is 8.77. The lowest BCUT2D eigenvalue weighted by atomic mass is 10.1. The minimum atomic E-state index is -3.75. The van der Waals surface area contributed by atoms with Crippen LogP contribution in [0.5, 0.6) is 0 Å². The number of halogens is 1. The van der Waals surface area contributed by atoms with Gasteiger partial charge in [0, 0.05) is 11.6 Å². The number of sulfonamides is 1. The van der Waals surface area contributed by atoms with Crippen LogP contribution in [0.15, 0.2) is 47.4 Å². The zero-order valence-corrected chi connectivity index (χ0v) is 17.6. The molecule has 2 aromatic carbocycles. The SMILES string of the molecule is CCN(CC(=O)N[C@@H](C)c1ccc(Cl)cc1)S(=O)(=O)c1cc(C)ccc1C. The summed E-state index contributed by atoms with van der Waals surface area (Å²) in [6.07, 6.45) is 0. The van der Waals surface area contributed by atoms with Gasteiger partial charge in [-0.2, -0.15) is 4.31 Å². The zero-order chi connectivity index (χ0) is 20.2. The monoisotopic (exact) mass is 408 g/mol. The first-order chi connectivity index (χ1) is 12.6. The van der Waals surface area contributed by atoms with Crippen LogP contribution in [-0.2, 0) is 14.8 Å². The Hall–Kier alpha value is -1.89. The summed E-state index contributed by atoms with van der Waals surface area (Å²) < 4.78 is 27.2. The largest absolute Gasteiger partial charge is 0.348 e. The van der Waals surface area contributed by atoms with Crippen LogP contribution in [0.4, 0.5) is 0 Å². The number of carbonyl (C=O) groups excluding carboxylic acids is 1. The molecule has 1 N–H and O–H groups in total. The van der Waals surface area contributed by atoms with Gasteiger partial charge in [0.15, 0.2) is 0 Å². The lowest BCUT2D eigenvalue weighted by Crippen LogP contribution is -2.41. The van der Waals surface area contributed by atoms with E-state index in [1.54, 1.807) is 38.1 Å². The molecule has 0 radical (unpaired) electrons. The van der Waals surface area contributed by atoms with Crippen molar-refractivity contribution >= 4 is 27.5 Å². The number of nitrogens with one attached hydrogen (secondary N) is 1. The molecule has 2 rings (SSSR count). The maximum absolute atomic E-state index is 13.0. The number of hydrogen-bond donors (Lipinski definition) is 1. The standard InChI is InChI=1S/C20H25ClN2O3S/c1-5-23(27(25,26)19-12-14(2)6-7-15(19)3)13-20(24)22-16(4)17-8-10-18(21)11-9-17/h6-12,16H,5,13H2,1-4H3,(H,22,24)/t16-/m0/s1. The van der Waals surface area contributed by atoms with E-state index in [2.05, 4.69) is 5.32 Å². The molecule has 7 heteroatoms. The van der Waals surface area contributed by atoms with E-state index in [0.29, 0.717) is 10.6 Å². The molecule has 146 valence electrons. The second-order valence-electron chi connectivity index (χ2n) is 6.54. The molecule has 1 amide bonds. The highest BCUT2D eigenvalue weighted by Gasteiger charge is 2.27. The maximum Gasteiger partial charge on any atom is 0.243 e. The van der Waals surface area contributed by atoms with Gasteiger partial charge in [-0.05, 0) is 55.7 Å². The Bertz CT molecular complexity index is 911. The van der Waals surface area contributed by atoms with Crippen LogP contribution in [0.2, 0.25) is 5.02 Å². The molecule has 5 nitrogen and oxygen atoms in total. The zero-order valence-electron chi connectivity index (χ0n) is 16.0. The molecule has 0 fully saturated rings. The number of aryl methyl sites for hydroxylation is 2. The van der Waals surface area contributed by atoms with Gasteiger partial charge in [-0.1, -0.05) is 42.8 Å². The lowest BCUT2D eigenvalue weighted by molar-refractivity contribution is -0.121. The van der Waals surface area contributed by atoms with Gasteiger partial charge in [0.25, 0.3) is 0 Å². The van der Waals surface area contributed by atoms with Gasteiger partial charge in [-0.25, -0.2) is 8.42 Å². The number of benzene rings is 2. The second kappa shape index (κ2) is 8.87. The van der Waals surface area contributed by atoms with Crippen LogP contribution in [0.1, 0.15) is 36.6 Å². The highest BCUT2D eigenvalue weighted by molar-refractivity contribution is 7.89. The first-order valence-corrected chi connectivity index (χ1v) is 10.6. The van der Waals surface area contributed by atoms with E-state index in [-0.39, 0.29) is 29.9 Å². The molecule has 27 heavy (non-hydrogen) atoms. The van der Waals surface area contributed by atoms with E-state index >= 15 is 0 Å². The summed E-state index contributed by atoms with van der Waals surface area (Å²) in [5, 5.41) is 3.46. The van der Waals surface area contributed by atoms with Gasteiger partial charge < -0.3 is 5.32 Å². The van der Waals surface area contributed by atoms with Crippen molar-refractivity contribution in [1.82, 2.24) is 9.62 Å². The van der Waals surface area contributed by atoms with Crippen molar-refractivity contribution in [2.75, 3.05) is 13.1 Å². The molecule has 0 aliphatic heterocycles. The summed E-state index contributed by atoms with van der Waals surface area (Å²) in [6.45, 7) is 7.13. The predicted molar refractivity (Wildman–Crippen MR) is 108 cm³/mol. The fraction of sp³-hybridized carbons (Fsp3) is 0.350. The average molecular weight is 409 g/mol. The van der Waals surface area contributed by atoms with Crippen LogP contribution >= 0.6 is 11.6 Å². The molecule has 0 saturated carbocycles. The lowest BCUT2D eigenvalue weighted by Gasteiger charge is -2.23. The topological polar surface area (TPSA) is 66.5 Å². The van der Waals surface area contributed by atoms with Crippen LogP contribution in [-0.4, -0.2) is 31.7 Å². The van der Waals surface area contributed by atoms with Crippen molar-refractivity contribution < 1.29 is 13.2 Å². The number of nitrogens with zero attached hydrogens (tertiary/aromatic N) is 1. The third kappa shape index (κ3) is 5.31. The van der Waals surface area contributed by atoms with Crippen LogP contribution in [0, 0.1) is 13.8 Å². The molecular formula is C20H25ClN2O3S. The van der Waals surface area contributed by atoms with Gasteiger partial charge in [0.1, 0.15) is 0 Å². The summed E-state index contributed by atoms with van der Waals surface area (Å²) in [5.41, 5.74) is 2.42. The van der Waals surface area contributed by atoms with E-state index in [0.717, 1.165) is 11.1 Å². The highest BCUT2D eigenvalue weighted by Crippen LogP contribution is 2.21. The average Bonchev–Trinajstić information content (AvgIpc) is 2.61. The quantitative estimate of drug-likeness (QED) is 0.756. The van der Waals surface area contributed by atoms with Gasteiger partial charge in [0.05, 0.1) is 17.5 Å². The third-order valence-electron chi connectivity index (χ3n) is 4.38. The van der Waals surface area contributed by atoms with Crippen LogP contribution < -0.4 is 5.32 Å². The molecule has 0 heterocycles. The minimum Gasteiger partial charge on any atom is -0.348 e. The summed E-state index contributed by atoms with van der Waals surface area (Å²) in [5.74, 6) is -0.354. The Morgan fingerprint density at radius 1 is 1.15 bits per heavy atom. The molecule has 2 aromatic rings. The maximum atomic E-state index is 13.0. The summed E-state index contributed by atoms with van der Waals surface area (Å²) in [4.78, 5) is 12.7. The van der Waals surface area contributed by atoms with E-state index in [1.807, 2.05) is 32.0 Å². The third-order valence-corrected chi connectivity index (χ3v) is 6.70. The van der Waals surface area contributed by atoms with E-state index in [4.69, 9.17) is 11.6 Å². The van der Waals surface area contributed by atoms with E-state index in [1.165, 1.54) is 4.31 Å². The van der Waals surface area contributed by atoms with Crippen molar-refractivity contribution in [3.05, 3.63) is 64.2 Å². The summed E-state index contributed by atoms with van der Waals surface area (Å²) >= 11 is 5.88. The molecule has 0 aliphatic rings. The predicted octanol–water partition coefficient (Wildman–Crippen LogP) is 3.84. The molecule has 0 unspecified atom stereocenters. The van der Waals surface area contributed by atoms with Gasteiger partial charge >= 0.3 is 0 Å². The van der Waals surface area contributed by atoms with Crippen molar-refractivity contribution in [3.63, 3.8) is 0 Å². The molecule has 1 atom stereocenters. The Kier molecular flexibility index (Phi) is 7.03. The fourth-order valence-corrected chi connectivity index (χ4v) is 4.61. The van der Waals surface area contributed by atoms with Gasteiger partial charge in [-0.3, -0.25) is 4.79 Å². The molecule has 0 aromatic heterocycles. The van der Waals surface area contributed by atoms with E-state index in [9.17, 15) is 13.2 Å². The normalized spacial score (nSPS) is 12.8. The van der Waals surface area contributed by atoms with Crippen molar-refractivity contribution in [2.24, 2.45) is 0 Å². The molecule has 0 aliphatic carbocycles. The Morgan fingerprint density at radius 3 is 2.37 bits per heavy atom.